The molecule has 0 bridgehead atoms. The van der Waals surface area contributed by atoms with Crippen molar-refractivity contribution >= 4 is 30.7 Å². The standard InChI is InChI=1S/C7H6NO3PS/c9-5-8-6-1-3-7(4-2-6)13-12(10)11/h1-4,10-11H. The summed E-state index contributed by atoms with van der Waals surface area (Å²) in [5.41, 5.74) is 0.500. The summed E-state index contributed by atoms with van der Waals surface area (Å²) >= 11 is 0.961. The van der Waals surface area contributed by atoms with Crippen molar-refractivity contribution in [3.8, 4) is 0 Å². The Morgan fingerprint density at radius 1 is 1.31 bits per heavy atom. The molecule has 4 nitrogen and oxygen atoms in total. The van der Waals surface area contributed by atoms with Crippen LogP contribution in [0.5, 0.6) is 0 Å². The maximum Gasteiger partial charge on any atom is 0.240 e. The lowest BCUT2D eigenvalue weighted by Gasteiger charge is -2.00. The lowest BCUT2D eigenvalue weighted by atomic mass is 10.3. The fraction of sp³-hybridized carbons (Fsp3) is 0. The van der Waals surface area contributed by atoms with E-state index < -0.39 is 7.58 Å². The Morgan fingerprint density at radius 2 is 1.92 bits per heavy atom. The highest BCUT2D eigenvalue weighted by molar-refractivity contribution is 8.52. The van der Waals surface area contributed by atoms with Crippen molar-refractivity contribution in [2.45, 2.75) is 4.90 Å². The monoisotopic (exact) mass is 215 g/mol. The summed E-state index contributed by atoms with van der Waals surface area (Å²) in [7, 11) is -1.99. The van der Waals surface area contributed by atoms with Gasteiger partial charge in [0.2, 0.25) is 13.7 Å². The van der Waals surface area contributed by atoms with Crippen molar-refractivity contribution in [2.24, 2.45) is 4.99 Å². The maximum atomic E-state index is 9.86. The lowest BCUT2D eigenvalue weighted by molar-refractivity contribution is 0.505. The van der Waals surface area contributed by atoms with Crippen LogP contribution in [0.3, 0.4) is 0 Å². The van der Waals surface area contributed by atoms with E-state index in [2.05, 4.69) is 4.99 Å². The minimum atomic E-state index is -1.99. The summed E-state index contributed by atoms with van der Waals surface area (Å²) in [5, 5.41) is 0. The van der Waals surface area contributed by atoms with Gasteiger partial charge in [-0.2, -0.15) is 4.99 Å². The third-order valence-electron chi connectivity index (χ3n) is 1.20. The summed E-state index contributed by atoms with van der Waals surface area (Å²) in [5.74, 6) is 0. The molecule has 0 aliphatic heterocycles. The van der Waals surface area contributed by atoms with Crippen LogP contribution in [0.1, 0.15) is 0 Å². The molecule has 0 spiro atoms. The van der Waals surface area contributed by atoms with E-state index in [4.69, 9.17) is 9.79 Å². The molecule has 0 saturated heterocycles. The number of hydrogen-bond donors (Lipinski definition) is 2. The van der Waals surface area contributed by atoms with Crippen LogP contribution in [-0.4, -0.2) is 15.9 Å². The van der Waals surface area contributed by atoms with E-state index in [1.807, 2.05) is 0 Å². The summed E-state index contributed by atoms with van der Waals surface area (Å²) in [6.45, 7) is 0. The summed E-state index contributed by atoms with van der Waals surface area (Å²) in [6, 6.07) is 6.52. The Morgan fingerprint density at radius 3 is 2.38 bits per heavy atom. The predicted octanol–water partition coefficient (Wildman–Crippen LogP) is 1.96. The zero-order valence-corrected chi connectivity index (χ0v) is 8.13. The van der Waals surface area contributed by atoms with Gasteiger partial charge in [0.1, 0.15) is 0 Å². The third kappa shape index (κ3) is 3.68. The maximum absolute atomic E-state index is 9.86. The molecule has 0 unspecified atom stereocenters. The van der Waals surface area contributed by atoms with Gasteiger partial charge < -0.3 is 9.79 Å². The van der Waals surface area contributed by atoms with E-state index in [0.717, 1.165) is 16.3 Å². The molecule has 0 atom stereocenters. The highest BCUT2D eigenvalue weighted by Crippen LogP contribution is 2.46. The average Bonchev–Trinajstić information content (AvgIpc) is 2.08. The Hall–Kier alpha value is -0.700. The zero-order chi connectivity index (χ0) is 9.68. The van der Waals surface area contributed by atoms with Gasteiger partial charge in [-0.3, -0.25) is 0 Å². The normalized spacial score (nSPS) is 9.77. The van der Waals surface area contributed by atoms with E-state index >= 15 is 0 Å². The molecule has 0 fully saturated rings. The van der Waals surface area contributed by atoms with Crippen LogP contribution in [0.2, 0.25) is 0 Å². The van der Waals surface area contributed by atoms with Crippen LogP contribution in [0, 0.1) is 0 Å². The molecule has 1 rings (SSSR count). The topological polar surface area (TPSA) is 69.9 Å². The molecule has 0 heterocycles. The van der Waals surface area contributed by atoms with Gasteiger partial charge in [0.05, 0.1) is 5.69 Å². The van der Waals surface area contributed by atoms with Gasteiger partial charge in [-0.15, -0.1) is 0 Å². The number of rotatable bonds is 3. The van der Waals surface area contributed by atoms with Gasteiger partial charge in [-0.1, -0.05) is 0 Å². The molecule has 0 radical (unpaired) electrons. The van der Waals surface area contributed by atoms with Crippen molar-refractivity contribution in [1.82, 2.24) is 0 Å². The third-order valence-corrected chi connectivity index (χ3v) is 2.97. The van der Waals surface area contributed by atoms with Crippen molar-refractivity contribution in [1.29, 1.82) is 0 Å². The average molecular weight is 215 g/mol. The first-order chi connectivity index (χ1) is 6.22. The smallest absolute Gasteiger partial charge is 0.240 e. The molecule has 0 amide bonds. The quantitative estimate of drug-likeness (QED) is 0.459. The number of carbonyl (C=O) groups excluding carboxylic acids is 1. The van der Waals surface area contributed by atoms with Crippen LogP contribution in [0.25, 0.3) is 0 Å². The van der Waals surface area contributed by atoms with Crippen LogP contribution in [0.15, 0.2) is 34.2 Å². The Balaban J connectivity index is 2.75. The molecule has 1 aromatic carbocycles. The first-order valence-corrected chi connectivity index (χ1v) is 5.93. The largest absolute Gasteiger partial charge is 0.342 e. The number of nitrogens with zero attached hydrogens (tertiary/aromatic N) is 1. The molecule has 2 N–H and O–H groups in total. The van der Waals surface area contributed by atoms with E-state index in [-0.39, 0.29) is 0 Å². The summed E-state index contributed by atoms with van der Waals surface area (Å²) < 4.78 is 0. The summed E-state index contributed by atoms with van der Waals surface area (Å²) in [4.78, 5) is 31.3. The van der Waals surface area contributed by atoms with Gasteiger partial charge in [0.15, 0.2) is 0 Å². The second-order valence-electron chi connectivity index (χ2n) is 2.04. The SMILES string of the molecule is O=C=Nc1ccc(SP(O)O)cc1. The van der Waals surface area contributed by atoms with E-state index in [1.165, 1.54) is 6.08 Å². The number of hydrogen-bond acceptors (Lipinski definition) is 5. The van der Waals surface area contributed by atoms with Crippen molar-refractivity contribution in [3.63, 3.8) is 0 Å². The molecule has 68 valence electrons. The Labute approximate surface area is 80.0 Å². The first-order valence-electron chi connectivity index (χ1n) is 3.26. The fourth-order valence-corrected chi connectivity index (χ4v) is 2.11. The minimum absolute atomic E-state index is 0.500. The number of benzene rings is 1. The van der Waals surface area contributed by atoms with Crippen LogP contribution in [0.4, 0.5) is 5.69 Å². The van der Waals surface area contributed by atoms with Gasteiger partial charge in [0.25, 0.3) is 0 Å². The lowest BCUT2D eigenvalue weighted by Crippen LogP contribution is -1.69. The Kier molecular flexibility index (Phi) is 4.09. The predicted molar refractivity (Wildman–Crippen MR) is 51.4 cm³/mol. The zero-order valence-electron chi connectivity index (χ0n) is 6.41. The molecule has 0 aliphatic carbocycles. The molecular formula is C7H6NO3PS. The van der Waals surface area contributed by atoms with Crippen molar-refractivity contribution in [3.05, 3.63) is 24.3 Å². The van der Waals surface area contributed by atoms with Gasteiger partial charge in [-0.05, 0) is 35.6 Å². The van der Waals surface area contributed by atoms with Gasteiger partial charge in [-0.25, -0.2) is 4.79 Å². The van der Waals surface area contributed by atoms with Crippen LogP contribution in [-0.2, 0) is 4.79 Å². The number of isocyanates is 1. The molecule has 6 heteroatoms. The highest BCUT2D eigenvalue weighted by Gasteiger charge is 2.01. The van der Waals surface area contributed by atoms with Gasteiger partial charge in [0, 0.05) is 4.90 Å². The van der Waals surface area contributed by atoms with E-state index in [1.54, 1.807) is 24.3 Å². The molecule has 0 aliphatic rings. The van der Waals surface area contributed by atoms with Crippen molar-refractivity contribution < 1.29 is 14.6 Å². The first kappa shape index (κ1) is 10.4. The van der Waals surface area contributed by atoms with E-state index in [0.29, 0.717) is 5.69 Å². The molecule has 1 aromatic rings. The second kappa shape index (κ2) is 5.12. The number of aliphatic imine (C=N–C) groups is 1. The highest BCUT2D eigenvalue weighted by atomic mass is 32.7. The second-order valence-corrected chi connectivity index (χ2v) is 4.73. The molecular weight excluding hydrogens is 209 g/mol. The minimum Gasteiger partial charge on any atom is -0.342 e. The molecule has 0 saturated carbocycles. The fourth-order valence-electron chi connectivity index (χ4n) is 0.729. The van der Waals surface area contributed by atoms with Crippen LogP contribution >= 0.6 is 19.0 Å². The van der Waals surface area contributed by atoms with Crippen LogP contribution < -0.4 is 0 Å². The van der Waals surface area contributed by atoms with Crippen molar-refractivity contribution in [2.75, 3.05) is 0 Å². The molecule has 0 aromatic heterocycles. The summed E-state index contributed by atoms with van der Waals surface area (Å²) in [6.07, 6.45) is 1.42. The van der Waals surface area contributed by atoms with Gasteiger partial charge >= 0.3 is 0 Å². The molecule has 13 heavy (non-hydrogen) atoms. The van der Waals surface area contributed by atoms with E-state index in [9.17, 15) is 4.79 Å². The Bertz CT molecular complexity index is 321.